The van der Waals surface area contributed by atoms with E-state index >= 15 is 0 Å². The lowest BCUT2D eigenvalue weighted by Gasteiger charge is -2.17. The van der Waals surface area contributed by atoms with Crippen LogP contribution in [0.4, 0.5) is 0 Å². The van der Waals surface area contributed by atoms with Crippen molar-refractivity contribution in [3.8, 4) is 5.75 Å². The summed E-state index contributed by atoms with van der Waals surface area (Å²) < 4.78 is 5.58. The Bertz CT molecular complexity index is 642. The van der Waals surface area contributed by atoms with Gasteiger partial charge in [-0.25, -0.2) is 4.99 Å². The minimum atomic E-state index is -0.0582. The number of likely N-dealkylation sites (N-methyl/N-ethyl adjacent to an activating group) is 1. The predicted octanol–water partition coefficient (Wildman–Crippen LogP) is 3.11. The molecule has 0 aromatic heterocycles. The first-order valence-electron chi connectivity index (χ1n) is 9.51. The Morgan fingerprint density at radius 1 is 1.36 bits per heavy atom. The van der Waals surface area contributed by atoms with E-state index in [4.69, 9.17) is 9.73 Å². The van der Waals surface area contributed by atoms with Gasteiger partial charge in [0.1, 0.15) is 5.75 Å². The summed E-state index contributed by atoms with van der Waals surface area (Å²) in [6, 6.07) is 8.25. The van der Waals surface area contributed by atoms with Crippen LogP contribution < -0.4 is 15.4 Å². The van der Waals surface area contributed by atoms with Crippen molar-refractivity contribution in [2.45, 2.75) is 44.0 Å². The van der Waals surface area contributed by atoms with Gasteiger partial charge < -0.3 is 20.3 Å². The summed E-state index contributed by atoms with van der Waals surface area (Å²) in [5.74, 6) is 1.49. The van der Waals surface area contributed by atoms with Crippen molar-refractivity contribution >= 4 is 47.6 Å². The monoisotopic (exact) mass is 520 g/mol. The largest absolute Gasteiger partial charge is 0.484 e. The van der Waals surface area contributed by atoms with Crippen molar-refractivity contribution in [2.24, 2.45) is 4.99 Å². The van der Waals surface area contributed by atoms with Gasteiger partial charge in [-0.05, 0) is 50.1 Å². The van der Waals surface area contributed by atoms with Gasteiger partial charge in [0, 0.05) is 31.9 Å². The van der Waals surface area contributed by atoms with E-state index in [1.807, 2.05) is 36.0 Å². The van der Waals surface area contributed by atoms with Crippen LogP contribution in [0, 0.1) is 0 Å². The maximum Gasteiger partial charge on any atom is 0.259 e. The van der Waals surface area contributed by atoms with Crippen LogP contribution in [0.1, 0.15) is 31.7 Å². The molecular weight excluding hydrogens is 487 g/mol. The average Bonchev–Trinajstić information content (AvgIpc) is 3.12. The molecule has 1 saturated carbocycles. The minimum absolute atomic E-state index is 0. The molecule has 1 aromatic carbocycles. The zero-order chi connectivity index (χ0) is 19.6. The molecule has 2 unspecified atom stereocenters. The lowest BCUT2D eigenvalue weighted by Crippen LogP contribution is -2.42. The van der Waals surface area contributed by atoms with E-state index in [1.54, 1.807) is 14.1 Å². The van der Waals surface area contributed by atoms with Crippen molar-refractivity contribution in [1.29, 1.82) is 0 Å². The number of carbonyl (C=O) groups excluding carboxylic acids is 1. The highest BCUT2D eigenvalue weighted by Crippen LogP contribution is 2.28. The molecule has 1 aromatic rings. The maximum absolute atomic E-state index is 11.7. The van der Waals surface area contributed by atoms with E-state index in [0.29, 0.717) is 18.3 Å². The summed E-state index contributed by atoms with van der Waals surface area (Å²) in [5, 5.41) is 7.65. The highest BCUT2D eigenvalue weighted by atomic mass is 127. The summed E-state index contributed by atoms with van der Waals surface area (Å²) in [7, 11) is 3.44. The molecule has 28 heavy (non-hydrogen) atoms. The molecular formula is C20H33IN4O2S. The number of benzene rings is 1. The molecule has 2 rings (SSSR count). The second kappa shape index (κ2) is 13.1. The fourth-order valence-corrected chi connectivity index (χ4v) is 3.77. The van der Waals surface area contributed by atoms with Crippen LogP contribution in [0.3, 0.4) is 0 Å². The standard InChI is InChI=1S/C20H32N4O2S.HI/c1-5-21-20(23-16-9-10-18(12-16)27-4)22-13-15-7-6-8-17(11-15)26-14-19(25)24(2)3;/h6-8,11,16,18H,5,9-10,12-14H2,1-4H3,(H2,21,22,23);1H. The zero-order valence-corrected chi connectivity index (χ0v) is 20.4. The van der Waals surface area contributed by atoms with Gasteiger partial charge in [-0.15, -0.1) is 24.0 Å². The van der Waals surface area contributed by atoms with Gasteiger partial charge in [0.2, 0.25) is 0 Å². The normalized spacial score (nSPS) is 18.9. The number of aliphatic imine (C=N–C) groups is 1. The van der Waals surface area contributed by atoms with Crippen LogP contribution in [0.5, 0.6) is 5.75 Å². The smallest absolute Gasteiger partial charge is 0.259 e. The molecule has 1 aliphatic rings. The van der Waals surface area contributed by atoms with Gasteiger partial charge in [0.15, 0.2) is 12.6 Å². The highest BCUT2D eigenvalue weighted by molar-refractivity contribution is 14.0. The molecule has 0 spiro atoms. The number of halogens is 1. The number of carbonyl (C=O) groups is 1. The van der Waals surface area contributed by atoms with E-state index in [-0.39, 0.29) is 36.5 Å². The molecule has 1 fully saturated rings. The number of thioether (sulfide) groups is 1. The van der Waals surface area contributed by atoms with Gasteiger partial charge in [0.25, 0.3) is 5.91 Å². The van der Waals surface area contributed by atoms with Gasteiger partial charge in [-0.3, -0.25) is 4.79 Å². The molecule has 2 N–H and O–H groups in total. The van der Waals surface area contributed by atoms with Gasteiger partial charge in [-0.2, -0.15) is 11.8 Å². The quantitative estimate of drug-likeness (QED) is 0.314. The van der Waals surface area contributed by atoms with Crippen molar-refractivity contribution in [3.63, 3.8) is 0 Å². The molecule has 0 saturated heterocycles. The third-order valence-corrected chi connectivity index (χ3v) is 5.68. The van der Waals surface area contributed by atoms with Gasteiger partial charge in [0.05, 0.1) is 6.54 Å². The summed E-state index contributed by atoms with van der Waals surface area (Å²) in [6.07, 6.45) is 5.84. The van der Waals surface area contributed by atoms with Crippen molar-refractivity contribution in [3.05, 3.63) is 29.8 Å². The first-order chi connectivity index (χ1) is 13.0. The molecule has 1 aliphatic carbocycles. The Morgan fingerprint density at radius 3 is 2.79 bits per heavy atom. The second-order valence-electron chi connectivity index (χ2n) is 6.93. The fraction of sp³-hybridized carbons (Fsp3) is 0.600. The average molecular weight is 520 g/mol. The Kier molecular flexibility index (Phi) is 11.7. The van der Waals surface area contributed by atoms with E-state index in [9.17, 15) is 4.79 Å². The molecule has 0 radical (unpaired) electrons. The summed E-state index contributed by atoms with van der Waals surface area (Å²) >= 11 is 1.96. The molecule has 0 heterocycles. The van der Waals surface area contributed by atoms with Crippen LogP contribution in [0.25, 0.3) is 0 Å². The lowest BCUT2D eigenvalue weighted by molar-refractivity contribution is -0.130. The number of nitrogens with zero attached hydrogens (tertiary/aromatic N) is 2. The van der Waals surface area contributed by atoms with E-state index in [1.165, 1.54) is 24.2 Å². The third kappa shape index (κ3) is 8.46. The minimum Gasteiger partial charge on any atom is -0.484 e. The first kappa shape index (κ1) is 24.9. The molecule has 2 atom stereocenters. The van der Waals surface area contributed by atoms with Gasteiger partial charge >= 0.3 is 0 Å². The maximum atomic E-state index is 11.7. The van der Waals surface area contributed by atoms with Crippen LogP contribution >= 0.6 is 35.7 Å². The number of guanidine groups is 1. The first-order valence-corrected chi connectivity index (χ1v) is 10.8. The zero-order valence-electron chi connectivity index (χ0n) is 17.2. The second-order valence-corrected chi connectivity index (χ2v) is 8.07. The summed E-state index contributed by atoms with van der Waals surface area (Å²) in [5.41, 5.74) is 1.05. The van der Waals surface area contributed by atoms with E-state index < -0.39 is 0 Å². The summed E-state index contributed by atoms with van der Waals surface area (Å²) in [4.78, 5) is 17.9. The Hall–Kier alpha value is -1.16. The van der Waals surface area contributed by atoms with Crippen LogP contribution in [-0.2, 0) is 11.3 Å². The Balaban J connectivity index is 0.00000392. The van der Waals surface area contributed by atoms with Crippen molar-refractivity contribution < 1.29 is 9.53 Å². The highest BCUT2D eigenvalue weighted by Gasteiger charge is 2.24. The van der Waals surface area contributed by atoms with Crippen LogP contribution in [-0.4, -0.2) is 61.6 Å². The molecule has 6 nitrogen and oxygen atoms in total. The molecule has 8 heteroatoms. The molecule has 0 bridgehead atoms. The van der Waals surface area contributed by atoms with Gasteiger partial charge in [-0.1, -0.05) is 12.1 Å². The number of hydrogen-bond donors (Lipinski definition) is 2. The van der Waals surface area contributed by atoms with Crippen LogP contribution in [0.15, 0.2) is 29.3 Å². The predicted molar refractivity (Wildman–Crippen MR) is 129 cm³/mol. The number of rotatable bonds is 8. The molecule has 1 amide bonds. The fourth-order valence-electron chi connectivity index (χ4n) is 2.98. The van der Waals surface area contributed by atoms with Crippen molar-refractivity contribution in [1.82, 2.24) is 15.5 Å². The topological polar surface area (TPSA) is 66.0 Å². The Morgan fingerprint density at radius 2 is 2.14 bits per heavy atom. The summed E-state index contributed by atoms with van der Waals surface area (Å²) in [6.45, 7) is 3.52. The SMILES string of the molecule is CCNC(=NCc1cccc(OCC(=O)N(C)C)c1)NC1CCC(SC)C1.I. The van der Waals surface area contributed by atoms with E-state index in [2.05, 4.69) is 23.8 Å². The van der Waals surface area contributed by atoms with E-state index in [0.717, 1.165) is 23.3 Å². The Labute approximate surface area is 190 Å². The number of nitrogens with one attached hydrogen (secondary N) is 2. The number of amides is 1. The number of ether oxygens (including phenoxy) is 1. The lowest BCUT2D eigenvalue weighted by atomic mass is 10.2. The molecule has 158 valence electrons. The number of hydrogen-bond acceptors (Lipinski definition) is 4. The third-order valence-electron chi connectivity index (χ3n) is 4.58. The van der Waals surface area contributed by atoms with Crippen molar-refractivity contribution in [2.75, 3.05) is 33.5 Å². The van der Waals surface area contributed by atoms with Crippen LogP contribution in [0.2, 0.25) is 0 Å². The molecule has 0 aliphatic heterocycles.